The highest BCUT2D eigenvalue weighted by molar-refractivity contribution is 5.86. The van der Waals surface area contributed by atoms with Gasteiger partial charge in [0.2, 0.25) is 11.8 Å². The number of hydrogen-bond donors (Lipinski definition) is 2. The van der Waals surface area contributed by atoms with E-state index in [1.165, 1.54) is 0 Å². The molecule has 0 aromatic heterocycles. The molecule has 3 unspecified atom stereocenters. The number of ether oxygens (including phenoxy) is 2. The lowest BCUT2D eigenvalue weighted by molar-refractivity contribution is -0.145. The summed E-state index contributed by atoms with van der Waals surface area (Å²) < 4.78 is 11.3. The highest BCUT2D eigenvalue weighted by atomic mass is 16.5. The Hall–Kier alpha value is -3.65. The van der Waals surface area contributed by atoms with E-state index >= 15 is 0 Å². The van der Waals surface area contributed by atoms with E-state index in [0.29, 0.717) is 32.4 Å². The Morgan fingerprint density at radius 3 is 2.62 bits per heavy atom. The van der Waals surface area contributed by atoms with Crippen molar-refractivity contribution in [2.24, 2.45) is 5.92 Å². The first-order valence-electron chi connectivity index (χ1n) is 13.8. The number of carbonyl (C=O) groups is 3. The normalized spacial score (nSPS) is 22.4. The monoisotopic (exact) mass is 534 g/mol. The summed E-state index contributed by atoms with van der Waals surface area (Å²) >= 11 is 0. The predicted octanol–water partition coefficient (Wildman–Crippen LogP) is 3.57. The van der Waals surface area contributed by atoms with Crippen molar-refractivity contribution < 1.29 is 29.0 Å². The third kappa shape index (κ3) is 8.68. The van der Waals surface area contributed by atoms with Crippen LogP contribution in [-0.2, 0) is 32.1 Å². The highest BCUT2D eigenvalue weighted by Crippen LogP contribution is 2.22. The Kier molecular flexibility index (Phi) is 10.5. The minimum atomic E-state index is -0.542. The number of rotatable bonds is 8. The largest absolute Gasteiger partial charge is 0.489 e. The number of aliphatic hydroxyl groups is 1. The second kappa shape index (κ2) is 14.5. The van der Waals surface area contributed by atoms with Gasteiger partial charge in [-0.25, -0.2) is 0 Å². The third-order valence-electron chi connectivity index (χ3n) is 7.25. The van der Waals surface area contributed by atoms with Crippen LogP contribution in [0.2, 0.25) is 0 Å². The number of nitrogens with one attached hydrogen (secondary N) is 1. The van der Waals surface area contributed by atoms with Gasteiger partial charge in [0, 0.05) is 19.4 Å². The zero-order valence-electron chi connectivity index (χ0n) is 22.3. The molecule has 2 aromatic carbocycles. The average molecular weight is 535 g/mol. The molecule has 2 aliphatic heterocycles. The Morgan fingerprint density at radius 1 is 1.05 bits per heavy atom. The molecule has 0 bridgehead atoms. The van der Waals surface area contributed by atoms with Crippen molar-refractivity contribution in [1.82, 2.24) is 10.2 Å². The Balaban J connectivity index is 1.40. The quantitative estimate of drug-likeness (QED) is 0.396. The number of cyclic esters (lactones) is 1. The van der Waals surface area contributed by atoms with E-state index in [1.807, 2.05) is 66.7 Å². The average Bonchev–Trinajstić information content (AvgIpc) is 3.44. The maximum atomic E-state index is 13.4. The van der Waals surface area contributed by atoms with Crippen LogP contribution in [0.15, 0.2) is 66.7 Å². The van der Waals surface area contributed by atoms with E-state index < -0.39 is 12.0 Å². The lowest BCUT2D eigenvalue weighted by Gasteiger charge is -2.26. The van der Waals surface area contributed by atoms with Crippen molar-refractivity contribution >= 4 is 17.8 Å². The molecule has 3 atom stereocenters. The summed E-state index contributed by atoms with van der Waals surface area (Å²) in [4.78, 5) is 40.3. The smallest absolute Gasteiger partial charge is 0.306 e. The topological polar surface area (TPSA) is 105 Å². The lowest BCUT2D eigenvalue weighted by atomic mass is 9.97. The van der Waals surface area contributed by atoms with Gasteiger partial charge in [0.15, 0.2) is 0 Å². The molecule has 0 aliphatic carbocycles. The fourth-order valence-electron chi connectivity index (χ4n) is 5.03. The van der Waals surface area contributed by atoms with Gasteiger partial charge in [0.25, 0.3) is 0 Å². The minimum Gasteiger partial charge on any atom is -0.489 e. The van der Waals surface area contributed by atoms with Gasteiger partial charge < -0.3 is 24.8 Å². The first-order chi connectivity index (χ1) is 19.0. The number of allylic oxidation sites excluding steroid dienone is 2. The van der Waals surface area contributed by atoms with Crippen LogP contribution in [0.4, 0.5) is 0 Å². The lowest BCUT2D eigenvalue weighted by Crippen LogP contribution is -2.45. The van der Waals surface area contributed by atoms with E-state index in [9.17, 15) is 19.5 Å². The number of nitrogens with zero attached hydrogens (tertiary/aromatic N) is 1. The van der Waals surface area contributed by atoms with Crippen molar-refractivity contribution in [2.45, 2.75) is 63.6 Å². The van der Waals surface area contributed by atoms with Crippen LogP contribution in [0.1, 0.15) is 49.7 Å². The van der Waals surface area contributed by atoms with E-state index in [1.54, 1.807) is 4.90 Å². The van der Waals surface area contributed by atoms with Crippen LogP contribution in [0.5, 0.6) is 5.75 Å². The maximum Gasteiger partial charge on any atom is 0.306 e. The maximum absolute atomic E-state index is 13.4. The third-order valence-corrected chi connectivity index (χ3v) is 7.25. The fourth-order valence-corrected chi connectivity index (χ4v) is 5.03. The van der Waals surface area contributed by atoms with Gasteiger partial charge in [-0.2, -0.15) is 0 Å². The van der Waals surface area contributed by atoms with Gasteiger partial charge in [-0.1, -0.05) is 54.6 Å². The number of likely N-dealkylation sites (tertiary alicyclic amines) is 1. The zero-order valence-corrected chi connectivity index (χ0v) is 22.3. The summed E-state index contributed by atoms with van der Waals surface area (Å²) in [5.74, 6) is -0.455. The summed E-state index contributed by atoms with van der Waals surface area (Å²) in [6.07, 6.45) is 7.10. The molecule has 2 amide bonds. The number of aliphatic hydroxyl groups excluding tert-OH is 1. The summed E-state index contributed by atoms with van der Waals surface area (Å²) in [5, 5.41) is 12.6. The SMILES string of the molecule is O=C1CCC=CCC(CC(=O)N2CCCC2CO)C(=O)NC(Cc2ccc(OCc3ccccc3)cc2)CO1. The molecule has 2 aromatic rings. The molecular formula is C31H38N2O6. The fraction of sp³-hybridized carbons (Fsp3) is 0.452. The number of amides is 2. The molecule has 0 saturated carbocycles. The molecule has 8 nitrogen and oxygen atoms in total. The molecule has 8 heteroatoms. The molecule has 1 saturated heterocycles. The van der Waals surface area contributed by atoms with Crippen LogP contribution < -0.4 is 10.1 Å². The molecule has 4 rings (SSSR count). The number of carbonyl (C=O) groups excluding carboxylic acids is 3. The van der Waals surface area contributed by atoms with Crippen LogP contribution in [0.25, 0.3) is 0 Å². The predicted molar refractivity (Wildman–Crippen MR) is 147 cm³/mol. The molecule has 0 spiro atoms. The molecular weight excluding hydrogens is 496 g/mol. The second-order valence-electron chi connectivity index (χ2n) is 10.2. The van der Waals surface area contributed by atoms with Crippen molar-refractivity contribution in [1.29, 1.82) is 0 Å². The van der Waals surface area contributed by atoms with Gasteiger partial charge in [0.1, 0.15) is 19.0 Å². The van der Waals surface area contributed by atoms with E-state index in [4.69, 9.17) is 9.47 Å². The number of hydrogen-bond acceptors (Lipinski definition) is 6. The molecule has 39 heavy (non-hydrogen) atoms. The van der Waals surface area contributed by atoms with Gasteiger partial charge in [-0.05, 0) is 55.4 Å². The van der Waals surface area contributed by atoms with Gasteiger partial charge >= 0.3 is 5.97 Å². The molecule has 0 radical (unpaired) electrons. The number of benzene rings is 2. The van der Waals surface area contributed by atoms with Crippen molar-refractivity contribution in [3.63, 3.8) is 0 Å². The van der Waals surface area contributed by atoms with Crippen LogP contribution in [-0.4, -0.2) is 59.6 Å². The molecule has 2 aliphatic rings. The van der Waals surface area contributed by atoms with Crippen LogP contribution >= 0.6 is 0 Å². The molecule has 2 heterocycles. The van der Waals surface area contributed by atoms with Crippen molar-refractivity contribution in [3.05, 3.63) is 77.9 Å². The number of esters is 1. The standard InChI is InChI=1S/C31H38N2O6/c34-20-27-11-7-17-33(27)29(35)19-25-10-5-2-6-12-30(36)39-22-26(32-31(25)37)18-23-13-15-28(16-14-23)38-21-24-8-3-1-4-9-24/h1-5,8-9,13-16,25-27,34H,6-7,10-12,17-22H2,(H,32,37). The first-order valence-corrected chi connectivity index (χ1v) is 13.8. The molecule has 2 N–H and O–H groups in total. The van der Waals surface area contributed by atoms with Gasteiger partial charge in [-0.3, -0.25) is 14.4 Å². The van der Waals surface area contributed by atoms with Crippen molar-refractivity contribution in [3.8, 4) is 5.75 Å². The zero-order chi connectivity index (χ0) is 27.5. The Morgan fingerprint density at radius 2 is 1.85 bits per heavy atom. The summed E-state index contributed by atoms with van der Waals surface area (Å²) in [6, 6.07) is 17.0. The summed E-state index contributed by atoms with van der Waals surface area (Å²) in [6.45, 7) is 1.07. The summed E-state index contributed by atoms with van der Waals surface area (Å²) in [5.41, 5.74) is 2.05. The Labute approximate surface area is 230 Å². The van der Waals surface area contributed by atoms with Crippen LogP contribution in [0.3, 0.4) is 0 Å². The minimum absolute atomic E-state index is 0.0555. The second-order valence-corrected chi connectivity index (χ2v) is 10.2. The van der Waals surface area contributed by atoms with Gasteiger partial charge in [-0.15, -0.1) is 0 Å². The van der Waals surface area contributed by atoms with Gasteiger partial charge in [0.05, 0.1) is 24.6 Å². The van der Waals surface area contributed by atoms with Crippen molar-refractivity contribution in [2.75, 3.05) is 19.8 Å². The first kappa shape index (κ1) is 28.4. The Bertz CT molecular complexity index is 1120. The molecule has 1 fully saturated rings. The molecule has 208 valence electrons. The van der Waals surface area contributed by atoms with E-state index in [-0.39, 0.29) is 49.9 Å². The van der Waals surface area contributed by atoms with E-state index in [2.05, 4.69) is 5.32 Å². The summed E-state index contributed by atoms with van der Waals surface area (Å²) in [7, 11) is 0. The highest BCUT2D eigenvalue weighted by Gasteiger charge is 2.32. The van der Waals surface area contributed by atoms with E-state index in [0.717, 1.165) is 29.7 Å². The van der Waals surface area contributed by atoms with Crippen LogP contribution in [0, 0.1) is 5.92 Å².